The number of hydrogen-bond donors (Lipinski definition) is 1. The van der Waals surface area contributed by atoms with E-state index in [0.29, 0.717) is 17.2 Å². The van der Waals surface area contributed by atoms with Crippen LogP contribution < -0.4 is 14.8 Å². The summed E-state index contributed by atoms with van der Waals surface area (Å²) in [5.41, 5.74) is 3.34. The van der Waals surface area contributed by atoms with Crippen LogP contribution in [-0.4, -0.2) is 35.1 Å². The summed E-state index contributed by atoms with van der Waals surface area (Å²) in [6, 6.07) is 12.9. The first-order chi connectivity index (χ1) is 14.3. The number of amides is 1. The van der Waals surface area contributed by atoms with Gasteiger partial charge in [0.1, 0.15) is 0 Å². The van der Waals surface area contributed by atoms with Crippen LogP contribution in [0.1, 0.15) is 32.0 Å². The van der Waals surface area contributed by atoms with Crippen LogP contribution in [0.4, 0.5) is 5.69 Å². The highest BCUT2D eigenvalue weighted by atomic mass is 16.5. The Balaban J connectivity index is 1.68. The van der Waals surface area contributed by atoms with E-state index in [-0.39, 0.29) is 11.3 Å². The van der Waals surface area contributed by atoms with Gasteiger partial charge in [0.2, 0.25) is 5.91 Å². The molecule has 0 bridgehead atoms. The van der Waals surface area contributed by atoms with Crippen molar-refractivity contribution in [1.29, 1.82) is 0 Å². The van der Waals surface area contributed by atoms with Gasteiger partial charge in [-0.15, -0.1) is 5.10 Å². The molecule has 0 aliphatic rings. The van der Waals surface area contributed by atoms with Crippen LogP contribution in [0.15, 0.2) is 54.7 Å². The fourth-order valence-corrected chi connectivity index (χ4v) is 2.94. The highest BCUT2D eigenvalue weighted by Gasteiger charge is 2.20. The minimum absolute atomic E-state index is 0.0781. The van der Waals surface area contributed by atoms with E-state index in [2.05, 4.69) is 36.4 Å². The smallest absolute Gasteiger partial charge is 0.248 e. The van der Waals surface area contributed by atoms with Gasteiger partial charge in [0.15, 0.2) is 11.5 Å². The van der Waals surface area contributed by atoms with Crippen molar-refractivity contribution in [2.75, 3.05) is 19.5 Å². The largest absolute Gasteiger partial charge is 0.493 e. The van der Waals surface area contributed by atoms with Crippen molar-refractivity contribution in [1.82, 2.24) is 15.0 Å². The molecule has 0 fully saturated rings. The minimum Gasteiger partial charge on any atom is -0.493 e. The molecule has 1 amide bonds. The fraction of sp³-hybridized carbons (Fsp3) is 0.261. The molecule has 3 rings (SSSR count). The lowest BCUT2D eigenvalue weighted by Gasteiger charge is -2.19. The van der Waals surface area contributed by atoms with Gasteiger partial charge < -0.3 is 14.8 Å². The summed E-state index contributed by atoms with van der Waals surface area (Å²) in [6.45, 7) is 6.34. The molecule has 1 heterocycles. The van der Waals surface area contributed by atoms with E-state index in [9.17, 15) is 4.79 Å². The molecule has 1 aromatic heterocycles. The molecule has 0 aliphatic heterocycles. The molecule has 3 aromatic rings. The Morgan fingerprint density at radius 2 is 1.73 bits per heavy atom. The van der Waals surface area contributed by atoms with E-state index in [0.717, 1.165) is 16.9 Å². The molecular formula is C23H26N4O3. The Morgan fingerprint density at radius 1 is 1.03 bits per heavy atom. The molecule has 0 aliphatic carbocycles. The second-order valence-electron chi connectivity index (χ2n) is 7.76. The standard InChI is InChI=1S/C23H26N4O3/c1-23(2,3)21-15-24-26-27(21)18-10-8-17(9-11-18)25-22(28)13-7-16-6-12-19(29-4)20(14-16)30-5/h6-15H,1-5H3,(H,25,28)/b13-7+. The van der Waals surface area contributed by atoms with Gasteiger partial charge in [-0.25, -0.2) is 4.68 Å². The fourth-order valence-electron chi connectivity index (χ4n) is 2.94. The van der Waals surface area contributed by atoms with Crippen molar-refractivity contribution in [3.8, 4) is 17.2 Å². The zero-order chi connectivity index (χ0) is 21.7. The van der Waals surface area contributed by atoms with Crippen molar-refractivity contribution >= 4 is 17.7 Å². The SMILES string of the molecule is COc1ccc(/C=C/C(=O)Nc2ccc(-n3nncc3C(C)(C)C)cc2)cc1OC. The molecule has 156 valence electrons. The van der Waals surface area contributed by atoms with E-state index in [4.69, 9.17) is 9.47 Å². The molecule has 7 heteroatoms. The molecule has 0 radical (unpaired) electrons. The molecule has 0 atom stereocenters. The van der Waals surface area contributed by atoms with Gasteiger partial charge in [-0.3, -0.25) is 4.79 Å². The topological polar surface area (TPSA) is 78.3 Å². The Bertz CT molecular complexity index is 1050. The molecular weight excluding hydrogens is 380 g/mol. The van der Waals surface area contributed by atoms with Gasteiger partial charge in [0.05, 0.1) is 31.8 Å². The van der Waals surface area contributed by atoms with Gasteiger partial charge in [-0.1, -0.05) is 32.1 Å². The predicted molar refractivity (Wildman–Crippen MR) is 117 cm³/mol. The summed E-state index contributed by atoms with van der Waals surface area (Å²) >= 11 is 0. The zero-order valence-corrected chi connectivity index (χ0v) is 17.8. The molecule has 7 nitrogen and oxygen atoms in total. The Labute approximate surface area is 176 Å². The number of carbonyl (C=O) groups excluding carboxylic acids is 1. The molecule has 2 aromatic carbocycles. The number of nitrogens with one attached hydrogen (secondary N) is 1. The highest BCUT2D eigenvalue weighted by molar-refractivity contribution is 6.02. The molecule has 0 saturated carbocycles. The molecule has 0 unspecified atom stereocenters. The minimum atomic E-state index is -0.228. The molecule has 1 N–H and O–H groups in total. The summed E-state index contributed by atoms with van der Waals surface area (Å²) in [5.74, 6) is 1.02. The number of anilines is 1. The first kappa shape index (κ1) is 21.1. The Kier molecular flexibility index (Phi) is 6.20. The maximum absolute atomic E-state index is 12.3. The predicted octanol–water partition coefficient (Wildman–Crippen LogP) is 4.23. The van der Waals surface area contributed by atoms with Crippen LogP contribution in [-0.2, 0) is 10.2 Å². The number of nitrogens with zero attached hydrogens (tertiary/aromatic N) is 3. The average molecular weight is 406 g/mol. The summed E-state index contributed by atoms with van der Waals surface area (Å²) in [6.07, 6.45) is 4.97. The number of methoxy groups -OCH3 is 2. The number of hydrogen-bond acceptors (Lipinski definition) is 5. The van der Waals surface area contributed by atoms with Crippen molar-refractivity contribution in [3.05, 3.63) is 66.0 Å². The van der Waals surface area contributed by atoms with Gasteiger partial charge in [0, 0.05) is 17.2 Å². The van der Waals surface area contributed by atoms with Crippen LogP contribution in [0, 0.1) is 0 Å². The summed E-state index contributed by atoms with van der Waals surface area (Å²) in [5, 5.41) is 11.1. The number of carbonyl (C=O) groups is 1. The number of aromatic nitrogens is 3. The van der Waals surface area contributed by atoms with Crippen LogP contribution in [0.2, 0.25) is 0 Å². The van der Waals surface area contributed by atoms with Gasteiger partial charge in [-0.2, -0.15) is 0 Å². The van der Waals surface area contributed by atoms with Crippen LogP contribution in [0.5, 0.6) is 11.5 Å². The zero-order valence-electron chi connectivity index (χ0n) is 17.8. The number of benzene rings is 2. The van der Waals surface area contributed by atoms with Crippen molar-refractivity contribution in [2.45, 2.75) is 26.2 Å². The molecule has 30 heavy (non-hydrogen) atoms. The second-order valence-corrected chi connectivity index (χ2v) is 7.76. The third-order valence-corrected chi connectivity index (χ3v) is 4.53. The molecule has 0 saturated heterocycles. The van der Waals surface area contributed by atoms with Gasteiger partial charge >= 0.3 is 0 Å². The van der Waals surface area contributed by atoms with Crippen molar-refractivity contribution in [3.63, 3.8) is 0 Å². The lowest BCUT2D eigenvalue weighted by molar-refractivity contribution is -0.111. The summed E-state index contributed by atoms with van der Waals surface area (Å²) in [7, 11) is 3.16. The van der Waals surface area contributed by atoms with Crippen molar-refractivity contribution in [2.24, 2.45) is 0 Å². The third-order valence-electron chi connectivity index (χ3n) is 4.53. The maximum Gasteiger partial charge on any atom is 0.248 e. The second kappa shape index (κ2) is 8.82. The first-order valence-corrected chi connectivity index (χ1v) is 9.54. The summed E-state index contributed by atoms with van der Waals surface area (Å²) < 4.78 is 12.3. The van der Waals surface area contributed by atoms with E-state index < -0.39 is 0 Å². The van der Waals surface area contributed by atoms with Gasteiger partial charge in [0.25, 0.3) is 0 Å². The summed E-state index contributed by atoms with van der Waals surface area (Å²) in [4.78, 5) is 12.3. The Morgan fingerprint density at radius 3 is 2.37 bits per heavy atom. The van der Waals surface area contributed by atoms with E-state index in [1.807, 2.05) is 41.1 Å². The number of ether oxygens (including phenoxy) is 2. The third kappa shape index (κ3) is 4.86. The van der Waals surface area contributed by atoms with E-state index in [1.165, 1.54) is 6.08 Å². The van der Waals surface area contributed by atoms with Crippen LogP contribution >= 0.6 is 0 Å². The van der Waals surface area contributed by atoms with Gasteiger partial charge in [-0.05, 0) is 48.0 Å². The molecule has 0 spiro atoms. The van der Waals surface area contributed by atoms with Crippen LogP contribution in [0.3, 0.4) is 0 Å². The number of rotatable bonds is 6. The Hall–Kier alpha value is -3.61. The quantitative estimate of drug-likeness (QED) is 0.620. The lowest BCUT2D eigenvalue weighted by Crippen LogP contribution is -2.17. The monoisotopic (exact) mass is 406 g/mol. The lowest BCUT2D eigenvalue weighted by atomic mass is 9.92. The van der Waals surface area contributed by atoms with Crippen molar-refractivity contribution < 1.29 is 14.3 Å². The average Bonchev–Trinajstić information content (AvgIpc) is 3.23. The normalized spacial score (nSPS) is 11.5. The highest BCUT2D eigenvalue weighted by Crippen LogP contribution is 2.28. The maximum atomic E-state index is 12.3. The first-order valence-electron chi connectivity index (χ1n) is 9.54. The van der Waals surface area contributed by atoms with Crippen LogP contribution in [0.25, 0.3) is 11.8 Å². The van der Waals surface area contributed by atoms with E-state index in [1.54, 1.807) is 32.6 Å². The van der Waals surface area contributed by atoms with E-state index >= 15 is 0 Å².